The predicted octanol–water partition coefficient (Wildman–Crippen LogP) is 3.32. The second-order valence-electron chi connectivity index (χ2n) is 6.13. The fraction of sp³-hybridized carbons (Fsp3) is 0.136. The molecule has 2 aromatic carbocycles. The van der Waals surface area contributed by atoms with E-state index < -0.39 is 11.8 Å². The molecule has 0 radical (unpaired) electrons. The Labute approximate surface area is 178 Å². The molecule has 160 valence electrons. The van der Waals surface area contributed by atoms with E-state index in [-0.39, 0.29) is 11.3 Å². The van der Waals surface area contributed by atoms with Gasteiger partial charge in [0.15, 0.2) is 17.3 Å². The average molecular weight is 423 g/mol. The van der Waals surface area contributed by atoms with Crippen LogP contribution < -0.4 is 25.0 Å². The highest BCUT2D eigenvalue weighted by Crippen LogP contribution is 2.37. The number of amides is 2. The largest absolute Gasteiger partial charge is 0.493 e. The Morgan fingerprint density at radius 2 is 1.65 bits per heavy atom. The number of anilines is 1. The molecular weight excluding hydrogens is 402 g/mol. The number of hydrogen-bond donors (Lipinski definition) is 2. The summed E-state index contributed by atoms with van der Waals surface area (Å²) in [5.74, 6) is 0.537. The predicted molar refractivity (Wildman–Crippen MR) is 114 cm³/mol. The number of nitrogens with zero attached hydrogens (tertiary/aromatic N) is 1. The molecule has 9 heteroatoms. The molecule has 0 saturated carbocycles. The topological polar surface area (TPSA) is 111 Å². The molecule has 3 rings (SSSR count). The van der Waals surface area contributed by atoms with Crippen LogP contribution in [0.4, 0.5) is 5.69 Å². The van der Waals surface area contributed by atoms with E-state index in [1.165, 1.54) is 39.9 Å². The molecular formula is C22H21N3O6. The summed E-state index contributed by atoms with van der Waals surface area (Å²) < 4.78 is 20.9. The summed E-state index contributed by atoms with van der Waals surface area (Å²) in [4.78, 5) is 24.8. The summed E-state index contributed by atoms with van der Waals surface area (Å²) in [5.41, 5.74) is 3.63. The minimum Gasteiger partial charge on any atom is -0.493 e. The Morgan fingerprint density at radius 3 is 2.26 bits per heavy atom. The van der Waals surface area contributed by atoms with Crippen molar-refractivity contribution in [3.05, 3.63) is 71.7 Å². The SMILES string of the molecule is COc1cc(/C=N\NC(=O)c2ccccc2NC(=O)c2ccco2)cc(OC)c1OC. The number of nitrogens with one attached hydrogen (secondary N) is 2. The van der Waals surface area contributed by atoms with Gasteiger partial charge in [0.05, 0.1) is 45.1 Å². The summed E-state index contributed by atoms with van der Waals surface area (Å²) in [6.45, 7) is 0. The first-order valence-electron chi connectivity index (χ1n) is 9.14. The van der Waals surface area contributed by atoms with Gasteiger partial charge in [-0.3, -0.25) is 9.59 Å². The second-order valence-corrected chi connectivity index (χ2v) is 6.13. The Kier molecular flexibility index (Phi) is 6.89. The number of hydrogen-bond acceptors (Lipinski definition) is 7. The lowest BCUT2D eigenvalue weighted by molar-refractivity contribution is 0.0956. The molecule has 9 nitrogen and oxygen atoms in total. The van der Waals surface area contributed by atoms with Gasteiger partial charge in [0.2, 0.25) is 5.75 Å². The van der Waals surface area contributed by atoms with Gasteiger partial charge in [0, 0.05) is 5.56 Å². The third kappa shape index (κ3) is 5.02. The third-order valence-corrected chi connectivity index (χ3v) is 4.23. The van der Waals surface area contributed by atoms with Crippen LogP contribution in [0.25, 0.3) is 0 Å². The van der Waals surface area contributed by atoms with Crippen LogP contribution >= 0.6 is 0 Å². The maximum Gasteiger partial charge on any atom is 0.291 e. The van der Waals surface area contributed by atoms with Crippen LogP contribution in [0.15, 0.2) is 64.3 Å². The fourth-order valence-electron chi connectivity index (χ4n) is 2.78. The van der Waals surface area contributed by atoms with Crippen molar-refractivity contribution in [2.45, 2.75) is 0 Å². The lowest BCUT2D eigenvalue weighted by atomic mass is 10.1. The fourth-order valence-corrected chi connectivity index (χ4v) is 2.78. The molecule has 0 aliphatic heterocycles. The second kappa shape index (κ2) is 9.97. The quantitative estimate of drug-likeness (QED) is 0.425. The van der Waals surface area contributed by atoms with Crippen molar-refractivity contribution in [1.82, 2.24) is 5.43 Å². The molecule has 0 fully saturated rings. The zero-order valence-corrected chi connectivity index (χ0v) is 17.2. The van der Waals surface area contributed by atoms with E-state index in [0.717, 1.165) is 0 Å². The van der Waals surface area contributed by atoms with Crippen molar-refractivity contribution in [1.29, 1.82) is 0 Å². The number of methoxy groups -OCH3 is 3. The van der Waals surface area contributed by atoms with E-state index >= 15 is 0 Å². The maximum absolute atomic E-state index is 12.6. The molecule has 0 unspecified atom stereocenters. The van der Waals surface area contributed by atoms with E-state index in [0.29, 0.717) is 28.5 Å². The summed E-state index contributed by atoms with van der Waals surface area (Å²) >= 11 is 0. The number of carbonyl (C=O) groups is 2. The smallest absolute Gasteiger partial charge is 0.291 e. The van der Waals surface area contributed by atoms with E-state index in [9.17, 15) is 9.59 Å². The Hall–Kier alpha value is -4.27. The maximum atomic E-state index is 12.6. The van der Waals surface area contributed by atoms with Gasteiger partial charge in [-0.05, 0) is 36.4 Å². The van der Waals surface area contributed by atoms with Crippen LogP contribution in [0.2, 0.25) is 0 Å². The summed E-state index contributed by atoms with van der Waals surface area (Å²) in [6.07, 6.45) is 2.83. The Balaban J connectivity index is 1.74. The molecule has 0 aliphatic rings. The molecule has 0 bridgehead atoms. The van der Waals surface area contributed by atoms with Crippen LogP contribution in [-0.2, 0) is 0 Å². The van der Waals surface area contributed by atoms with Gasteiger partial charge in [0.25, 0.3) is 11.8 Å². The van der Waals surface area contributed by atoms with Gasteiger partial charge in [-0.2, -0.15) is 5.10 Å². The van der Waals surface area contributed by atoms with Crippen LogP contribution in [-0.4, -0.2) is 39.4 Å². The third-order valence-electron chi connectivity index (χ3n) is 4.23. The summed E-state index contributed by atoms with van der Waals surface area (Å²) in [6, 6.07) is 13.1. The van der Waals surface area contributed by atoms with Crippen molar-refractivity contribution in [2.75, 3.05) is 26.6 Å². The highest BCUT2D eigenvalue weighted by atomic mass is 16.5. The first-order chi connectivity index (χ1) is 15.1. The number of carbonyl (C=O) groups excluding carboxylic acids is 2. The zero-order chi connectivity index (χ0) is 22.2. The minimum absolute atomic E-state index is 0.135. The minimum atomic E-state index is -0.501. The van der Waals surface area contributed by atoms with Gasteiger partial charge >= 0.3 is 0 Å². The van der Waals surface area contributed by atoms with E-state index in [1.807, 2.05) is 0 Å². The average Bonchev–Trinajstić information content (AvgIpc) is 3.33. The lowest BCUT2D eigenvalue weighted by Gasteiger charge is -2.12. The van der Waals surface area contributed by atoms with Crippen LogP contribution in [0, 0.1) is 0 Å². The van der Waals surface area contributed by atoms with Gasteiger partial charge in [-0.1, -0.05) is 12.1 Å². The molecule has 0 saturated heterocycles. The van der Waals surface area contributed by atoms with Crippen molar-refractivity contribution < 1.29 is 28.2 Å². The standard InChI is InChI=1S/C22H21N3O6/c1-28-18-11-14(12-19(29-2)20(18)30-3)13-23-25-21(26)15-7-4-5-8-16(15)24-22(27)17-9-6-10-31-17/h4-13H,1-3H3,(H,24,27)(H,25,26)/b23-13-. The highest BCUT2D eigenvalue weighted by molar-refractivity contribution is 6.08. The molecule has 2 amide bonds. The number of benzene rings is 2. The molecule has 0 atom stereocenters. The summed E-state index contributed by atoms with van der Waals surface area (Å²) in [7, 11) is 4.53. The first kappa shape index (κ1) is 21.4. The highest BCUT2D eigenvalue weighted by Gasteiger charge is 2.15. The first-order valence-corrected chi connectivity index (χ1v) is 9.14. The van der Waals surface area contributed by atoms with E-state index in [4.69, 9.17) is 18.6 Å². The van der Waals surface area contributed by atoms with Crippen LogP contribution in [0.5, 0.6) is 17.2 Å². The molecule has 31 heavy (non-hydrogen) atoms. The molecule has 0 aliphatic carbocycles. The van der Waals surface area contributed by atoms with Crippen molar-refractivity contribution >= 4 is 23.7 Å². The Bertz CT molecular complexity index is 1070. The van der Waals surface area contributed by atoms with Gasteiger partial charge in [-0.15, -0.1) is 0 Å². The van der Waals surface area contributed by atoms with Gasteiger partial charge in [-0.25, -0.2) is 5.43 Å². The van der Waals surface area contributed by atoms with Gasteiger partial charge < -0.3 is 23.9 Å². The Morgan fingerprint density at radius 1 is 0.935 bits per heavy atom. The number of para-hydroxylation sites is 1. The molecule has 0 spiro atoms. The number of rotatable bonds is 8. The monoisotopic (exact) mass is 423 g/mol. The molecule has 1 aromatic heterocycles. The van der Waals surface area contributed by atoms with Crippen molar-refractivity contribution in [3.8, 4) is 17.2 Å². The van der Waals surface area contributed by atoms with Crippen molar-refractivity contribution in [2.24, 2.45) is 5.10 Å². The van der Waals surface area contributed by atoms with Gasteiger partial charge in [0.1, 0.15) is 0 Å². The van der Waals surface area contributed by atoms with E-state index in [2.05, 4.69) is 15.8 Å². The normalized spacial score (nSPS) is 10.5. The van der Waals surface area contributed by atoms with Crippen LogP contribution in [0.1, 0.15) is 26.5 Å². The molecule has 2 N–H and O–H groups in total. The molecule has 1 heterocycles. The van der Waals surface area contributed by atoms with Crippen LogP contribution in [0.3, 0.4) is 0 Å². The number of hydrazone groups is 1. The number of ether oxygens (including phenoxy) is 3. The van der Waals surface area contributed by atoms with Crippen molar-refractivity contribution in [3.63, 3.8) is 0 Å². The number of furan rings is 1. The van der Waals surface area contributed by atoms with E-state index in [1.54, 1.807) is 42.5 Å². The molecule has 3 aromatic rings. The lowest BCUT2D eigenvalue weighted by Crippen LogP contribution is -2.21. The summed E-state index contributed by atoms with van der Waals surface area (Å²) in [5, 5.41) is 6.64. The zero-order valence-electron chi connectivity index (χ0n) is 17.2.